The number of halogens is 1. The van der Waals surface area contributed by atoms with Crippen molar-refractivity contribution < 1.29 is 14.0 Å². The fourth-order valence-corrected chi connectivity index (χ4v) is 2.94. The van der Waals surface area contributed by atoms with Crippen molar-refractivity contribution in [3.05, 3.63) is 59.4 Å². The number of nitrogens with one attached hydrogen (secondary N) is 1. The van der Waals surface area contributed by atoms with Gasteiger partial charge in [0.1, 0.15) is 5.82 Å². The molecular formula is C19H19FN2O2. The van der Waals surface area contributed by atoms with E-state index in [2.05, 4.69) is 10.2 Å². The maximum atomic E-state index is 13.7. The van der Waals surface area contributed by atoms with Gasteiger partial charge in [0.2, 0.25) is 0 Å². The molecule has 1 amide bonds. The van der Waals surface area contributed by atoms with E-state index in [0.717, 1.165) is 31.6 Å². The zero-order valence-electron chi connectivity index (χ0n) is 13.5. The van der Waals surface area contributed by atoms with Gasteiger partial charge < -0.3 is 10.2 Å². The molecule has 0 spiro atoms. The van der Waals surface area contributed by atoms with E-state index < -0.39 is 11.7 Å². The van der Waals surface area contributed by atoms with Crippen molar-refractivity contribution in [2.75, 3.05) is 23.3 Å². The summed E-state index contributed by atoms with van der Waals surface area (Å²) in [6.07, 6.45) is 2.28. The Balaban J connectivity index is 1.88. The van der Waals surface area contributed by atoms with E-state index in [1.165, 1.54) is 25.1 Å². The van der Waals surface area contributed by atoms with Crippen molar-refractivity contribution in [3.63, 3.8) is 0 Å². The number of ketones is 1. The van der Waals surface area contributed by atoms with Gasteiger partial charge >= 0.3 is 0 Å². The number of amides is 1. The van der Waals surface area contributed by atoms with Gasteiger partial charge in [-0.3, -0.25) is 9.59 Å². The maximum Gasteiger partial charge on any atom is 0.258 e. The van der Waals surface area contributed by atoms with Gasteiger partial charge in [-0.1, -0.05) is 12.1 Å². The molecule has 1 aliphatic rings. The Labute approximate surface area is 140 Å². The molecule has 0 bridgehead atoms. The third-order valence-corrected chi connectivity index (χ3v) is 4.22. The zero-order valence-corrected chi connectivity index (χ0v) is 13.5. The predicted octanol–water partition coefficient (Wildman–Crippen LogP) is 3.88. The van der Waals surface area contributed by atoms with Gasteiger partial charge in [-0.05, 0) is 50.1 Å². The van der Waals surface area contributed by atoms with Crippen LogP contribution in [-0.2, 0) is 0 Å². The summed E-state index contributed by atoms with van der Waals surface area (Å²) in [6.45, 7) is 3.40. The SMILES string of the molecule is CC(=O)c1cc(N2CCCC2)ccc1NC(=O)c1ccccc1F. The van der Waals surface area contributed by atoms with Crippen molar-refractivity contribution in [2.45, 2.75) is 19.8 Å². The topological polar surface area (TPSA) is 49.4 Å². The molecule has 0 radical (unpaired) electrons. The van der Waals surface area contributed by atoms with E-state index in [1.54, 1.807) is 18.2 Å². The number of carbonyl (C=O) groups is 2. The van der Waals surface area contributed by atoms with Gasteiger partial charge in [0, 0.05) is 24.3 Å². The Morgan fingerprint density at radius 2 is 1.75 bits per heavy atom. The normalized spacial score (nSPS) is 13.8. The van der Waals surface area contributed by atoms with Gasteiger partial charge in [-0.2, -0.15) is 0 Å². The third kappa shape index (κ3) is 3.30. The molecule has 1 saturated heterocycles. The number of carbonyl (C=O) groups excluding carboxylic acids is 2. The van der Waals surface area contributed by atoms with Crippen molar-refractivity contribution in [1.29, 1.82) is 0 Å². The summed E-state index contributed by atoms with van der Waals surface area (Å²) in [5, 5.41) is 2.65. The second-order valence-corrected chi connectivity index (χ2v) is 5.91. The standard InChI is InChI=1S/C19H19FN2O2/c1-13(23)16-12-14(22-10-4-5-11-22)8-9-18(16)21-19(24)15-6-2-3-7-17(15)20/h2-3,6-9,12H,4-5,10-11H2,1H3,(H,21,24). The minimum Gasteiger partial charge on any atom is -0.372 e. The number of rotatable bonds is 4. The molecule has 0 aromatic heterocycles. The lowest BCUT2D eigenvalue weighted by atomic mass is 10.1. The highest BCUT2D eigenvalue weighted by Crippen LogP contribution is 2.27. The molecule has 5 heteroatoms. The Kier molecular flexibility index (Phi) is 4.60. The molecule has 3 rings (SSSR count). The molecular weight excluding hydrogens is 307 g/mol. The summed E-state index contributed by atoms with van der Waals surface area (Å²) in [7, 11) is 0. The van der Waals surface area contributed by atoms with Crippen LogP contribution in [0.25, 0.3) is 0 Å². The van der Waals surface area contributed by atoms with Gasteiger partial charge in [-0.25, -0.2) is 4.39 Å². The predicted molar refractivity (Wildman–Crippen MR) is 92.2 cm³/mol. The fraction of sp³-hybridized carbons (Fsp3) is 0.263. The van der Waals surface area contributed by atoms with E-state index in [0.29, 0.717) is 11.3 Å². The van der Waals surface area contributed by atoms with Crippen LogP contribution in [0, 0.1) is 5.82 Å². The van der Waals surface area contributed by atoms with Crippen LogP contribution in [0.15, 0.2) is 42.5 Å². The van der Waals surface area contributed by atoms with Crippen molar-refractivity contribution in [1.82, 2.24) is 0 Å². The van der Waals surface area contributed by atoms with Crippen LogP contribution >= 0.6 is 0 Å². The summed E-state index contributed by atoms with van der Waals surface area (Å²) in [4.78, 5) is 26.5. The number of benzene rings is 2. The molecule has 2 aromatic rings. The highest BCUT2D eigenvalue weighted by Gasteiger charge is 2.18. The first kappa shape index (κ1) is 16.2. The number of hydrogen-bond donors (Lipinski definition) is 1. The lowest BCUT2D eigenvalue weighted by Gasteiger charge is -2.19. The molecule has 0 aliphatic carbocycles. The van der Waals surface area contributed by atoms with Gasteiger partial charge in [0.15, 0.2) is 5.78 Å². The monoisotopic (exact) mass is 326 g/mol. The molecule has 1 N–H and O–H groups in total. The molecule has 124 valence electrons. The third-order valence-electron chi connectivity index (χ3n) is 4.22. The van der Waals surface area contributed by atoms with Crippen molar-refractivity contribution in [2.24, 2.45) is 0 Å². The Bertz CT molecular complexity index is 783. The van der Waals surface area contributed by atoms with Crippen LogP contribution < -0.4 is 10.2 Å². The number of Topliss-reactive ketones (excluding diaryl/α,β-unsaturated/α-hetero) is 1. The zero-order chi connectivity index (χ0) is 17.1. The van der Waals surface area contributed by atoms with E-state index in [4.69, 9.17) is 0 Å². The minimum atomic E-state index is -0.590. The van der Waals surface area contributed by atoms with Crippen LogP contribution in [0.4, 0.5) is 15.8 Å². The molecule has 1 heterocycles. The molecule has 4 nitrogen and oxygen atoms in total. The molecule has 0 unspecified atom stereocenters. The quantitative estimate of drug-likeness (QED) is 0.868. The molecule has 0 atom stereocenters. The first-order valence-corrected chi connectivity index (χ1v) is 8.02. The number of nitrogens with zero attached hydrogens (tertiary/aromatic N) is 1. The first-order chi connectivity index (χ1) is 11.6. The smallest absolute Gasteiger partial charge is 0.258 e. The van der Waals surface area contributed by atoms with Crippen LogP contribution in [0.1, 0.15) is 40.5 Å². The maximum absolute atomic E-state index is 13.7. The summed E-state index contributed by atoms with van der Waals surface area (Å²) in [5.41, 5.74) is 1.76. The number of anilines is 2. The van der Waals surface area contributed by atoms with Gasteiger partial charge in [0.25, 0.3) is 5.91 Å². The summed E-state index contributed by atoms with van der Waals surface area (Å²) >= 11 is 0. The second kappa shape index (κ2) is 6.83. The van der Waals surface area contributed by atoms with Crippen molar-refractivity contribution in [3.8, 4) is 0 Å². The Hall–Kier alpha value is -2.69. The van der Waals surface area contributed by atoms with E-state index in [1.807, 2.05) is 6.07 Å². The molecule has 1 aliphatic heterocycles. The Morgan fingerprint density at radius 3 is 2.42 bits per heavy atom. The average molecular weight is 326 g/mol. The first-order valence-electron chi connectivity index (χ1n) is 8.02. The molecule has 0 saturated carbocycles. The van der Waals surface area contributed by atoms with Gasteiger partial charge in [-0.15, -0.1) is 0 Å². The summed E-state index contributed by atoms with van der Waals surface area (Å²) < 4.78 is 13.7. The summed E-state index contributed by atoms with van der Waals surface area (Å²) in [6, 6.07) is 11.2. The fourth-order valence-electron chi connectivity index (χ4n) is 2.94. The molecule has 2 aromatic carbocycles. The molecule has 1 fully saturated rings. The number of hydrogen-bond acceptors (Lipinski definition) is 3. The van der Waals surface area contributed by atoms with E-state index in [-0.39, 0.29) is 11.3 Å². The average Bonchev–Trinajstić information content (AvgIpc) is 3.09. The van der Waals surface area contributed by atoms with Crippen LogP contribution in [-0.4, -0.2) is 24.8 Å². The van der Waals surface area contributed by atoms with Crippen LogP contribution in [0.3, 0.4) is 0 Å². The highest BCUT2D eigenvalue weighted by molar-refractivity contribution is 6.09. The largest absolute Gasteiger partial charge is 0.372 e. The van der Waals surface area contributed by atoms with E-state index in [9.17, 15) is 14.0 Å². The Morgan fingerprint density at radius 1 is 1.04 bits per heavy atom. The van der Waals surface area contributed by atoms with E-state index >= 15 is 0 Å². The van der Waals surface area contributed by atoms with Crippen molar-refractivity contribution >= 4 is 23.1 Å². The summed E-state index contributed by atoms with van der Waals surface area (Å²) in [5.74, 6) is -1.29. The molecule has 24 heavy (non-hydrogen) atoms. The minimum absolute atomic E-state index is 0.0457. The lowest BCUT2D eigenvalue weighted by Crippen LogP contribution is -2.19. The highest BCUT2D eigenvalue weighted by atomic mass is 19.1. The van der Waals surface area contributed by atoms with Crippen LogP contribution in [0.5, 0.6) is 0 Å². The second-order valence-electron chi connectivity index (χ2n) is 5.91. The van der Waals surface area contributed by atoms with Gasteiger partial charge in [0.05, 0.1) is 11.3 Å². The lowest BCUT2D eigenvalue weighted by molar-refractivity contribution is 0.101. The van der Waals surface area contributed by atoms with Crippen LogP contribution in [0.2, 0.25) is 0 Å².